The van der Waals surface area contributed by atoms with Crippen LogP contribution in [-0.2, 0) is 27.0 Å². The summed E-state index contributed by atoms with van der Waals surface area (Å²) in [5.41, 5.74) is -4.01. The van der Waals surface area contributed by atoms with Gasteiger partial charge in [-0.3, -0.25) is 9.59 Å². The molecule has 128 valence electrons. The summed E-state index contributed by atoms with van der Waals surface area (Å²) < 4.78 is 43.2. The van der Waals surface area contributed by atoms with Gasteiger partial charge in [0.1, 0.15) is 17.6 Å². The number of methoxy groups -OCH3 is 1. The number of carbonyl (C=O) groups is 2. The number of nitrogens with zero attached hydrogens (tertiary/aromatic N) is 1. The molecule has 0 radical (unpaired) electrons. The first-order chi connectivity index (χ1) is 10.5. The van der Waals surface area contributed by atoms with E-state index in [1.165, 1.54) is 6.92 Å². The zero-order valence-corrected chi connectivity index (χ0v) is 12.9. The lowest BCUT2D eigenvalue weighted by Crippen LogP contribution is -2.53. The average Bonchev–Trinajstić information content (AvgIpc) is 2.47. The van der Waals surface area contributed by atoms with Crippen LogP contribution in [0.3, 0.4) is 0 Å². The number of esters is 1. The summed E-state index contributed by atoms with van der Waals surface area (Å²) in [6.45, 7) is 2.41. The van der Waals surface area contributed by atoms with E-state index in [-0.39, 0.29) is 6.42 Å². The van der Waals surface area contributed by atoms with Crippen molar-refractivity contribution in [3.63, 3.8) is 0 Å². The summed E-state index contributed by atoms with van der Waals surface area (Å²) in [6.07, 6.45) is -3.53. The van der Waals surface area contributed by atoms with Gasteiger partial charge in [-0.1, -0.05) is 6.92 Å². The zero-order chi connectivity index (χ0) is 17.8. The van der Waals surface area contributed by atoms with Crippen LogP contribution in [0, 0.1) is 0 Å². The van der Waals surface area contributed by atoms with Crippen molar-refractivity contribution in [3.05, 3.63) is 34.2 Å². The molecule has 1 rings (SSSR count). The van der Waals surface area contributed by atoms with Gasteiger partial charge in [-0.15, -0.1) is 0 Å². The van der Waals surface area contributed by atoms with Gasteiger partial charge in [0.15, 0.2) is 0 Å². The van der Waals surface area contributed by atoms with Gasteiger partial charge < -0.3 is 14.6 Å². The molecule has 0 aromatic carbocycles. The molecule has 0 saturated heterocycles. The Hall–Kier alpha value is -2.32. The van der Waals surface area contributed by atoms with Crippen molar-refractivity contribution >= 4 is 11.9 Å². The number of amides is 1. The number of rotatable bonds is 5. The maximum absolute atomic E-state index is 12.7. The van der Waals surface area contributed by atoms with Gasteiger partial charge in [0.05, 0.1) is 7.11 Å². The molecule has 1 N–H and O–H groups in total. The van der Waals surface area contributed by atoms with E-state index in [0.29, 0.717) is 10.6 Å². The Labute approximate surface area is 130 Å². The third kappa shape index (κ3) is 4.33. The van der Waals surface area contributed by atoms with Gasteiger partial charge in [0.25, 0.3) is 5.56 Å². The quantitative estimate of drug-likeness (QED) is 0.824. The molecule has 0 fully saturated rings. The van der Waals surface area contributed by atoms with Crippen LogP contribution in [0.25, 0.3) is 0 Å². The molecule has 1 aromatic rings. The van der Waals surface area contributed by atoms with E-state index in [2.05, 4.69) is 10.1 Å². The second-order valence-electron chi connectivity index (χ2n) is 5.08. The lowest BCUT2D eigenvalue weighted by atomic mass is 9.99. The first-order valence-corrected chi connectivity index (χ1v) is 6.71. The Kier molecular flexibility index (Phi) is 5.57. The fourth-order valence-corrected chi connectivity index (χ4v) is 1.89. The summed E-state index contributed by atoms with van der Waals surface area (Å²) in [7, 11) is 1.15. The highest BCUT2D eigenvalue weighted by Crippen LogP contribution is 2.25. The van der Waals surface area contributed by atoms with Gasteiger partial charge in [-0.25, -0.2) is 4.79 Å². The standard InChI is InChI=1S/C14H17F3N2O4/c1-4-13(2,12(22)23-3)18-10(20)8-19-7-5-6-9(11(19)21)14(15,16)17/h5-7H,4,8H2,1-3H3,(H,18,20)/t13-/m1/s1. The number of hydrogen-bond donors (Lipinski definition) is 1. The molecule has 6 nitrogen and oxygen atoms in total. The van der Waals surface area contributed by atoms with Crippen molar-refractivity contribution in [3.8, 4) is 0 Å². The van der Waals surface area contributed by atoms with Crippen LogP contribution in [0.4, 0.5) is 13.2 Å². The van der Waals surface area contributed by atoms with E-state index >= 15 is 0 Å². The van der Waals surface area contributed by atoms with Crippen molar-refractivity contribution in [1.29, 1.82) is 0 Å². The Morgan fingerprint density at radius 1 is 1.35 bits per heavy atom. The van der Waals surface area contributed by atoms with Crippen LogP contribution in [0.2, 0.25) is 0 Å². The second-order valence-corrected chi connectivity index (χ2v) is 5.08. The van der Waals surface area contributed by atoms with E-state index < -0.39 is 41.3 Å². The van der Waals surface area contributed by atoms with Crippen molar-refractivity contribution in [1.82, 2.24) is 9.88 Å². The Morgan fingerprint density at radius 2 is 1.96 bits per heavy atom. The highest BCUT2D eigenvalue weighted by atomic mass is 19.4. The number of nitrogens with one attached hydrogen (secondary N) is 1. The van der Waals surface area contributed by atoms with Crippen LogP contribution >= 0.6 is 0 Å². The number of aromatic nitrogens is 1. The molecular formula is C14H17F3N2O4. The van der Waals surface area contributed by atoms with Gasteiger partial charge in [-0.2, -0.15) is 13.2 Å². The molecule has 9 heteroatoms. The van der Waals surface area contributed by atoms with Gasteiger partial charge in [-0.05, 0) is 25.5 Å². The minimum atomic E-state index is -4.81. The van der Waals surface area contributed by atoms with E-state index in [1.54, 1.807) is 6.92 Å². The normalized spacial score (nSPS) is 14.0. The Bertz CT molecular complexity index is 654. The summed E-state index contributed by atoms with van der Waals surface area (Å²) in [5, 5.41) is 2.37. The van der Waals surface area contributed by atoms with E-state index in [1.807, 2.05) is 0 Å². The molecule has 23 heavy (non-hydrogen) atoms. The van der Waals surface area contributed by atoms with E-state index in [0.717, 1.165) is 19.4 Å². The number of carbonyl (C=O) groups excluding carboxylic acids is 2. The number of ether oxygens (including phenoxy) is 1. The molecule has 0 aliphatic heterocycles. The predicted octanol–water partition coefficient (Wildman–Crippen LogP) is 1.32. The van der Waals surface area contributed by atoms with E-state index in [4.69, 9.17) is 0 Å². The molecule has 1 atom stereocenters. The molecule has 0 saturated carbocycles. The van der Waals surface area contributed by atoms with Crippen molar-refractivity contribution in [2.75, 3.05) is 7.11 Å². The molecule has 0 aliphatic rings. The summed E-state index contributed by atoms with van der Waals surface area (Å²) >= 11 is 0. The van der Waals surface area contributed by atoms with Crippen molar-refractivity contribution in [2.24, 2.45) is 0 Å². The molecule has 1 amide bonds. The average molecular weight is 334 g/mol. The fraction of sp³-hybridized carbons (Fsp3) is 0.500. The maximum atomic E-state index is 12.7. The zero-order valence-electron chi connectivity index (χ0n) is 12.9. The smallest absolute Gasteiger partial charge is 0.421 e. The van der Waals surface area contributed by atoms with Crippen LogP contribution in [-0.4, -0.2) is 29.1 Å². The Balaban J connectivity index is 2.99. The number of hydrogen-bond acceptors (Lipinski definition) is 4. The minimum absolute atomic E-state index is 0.211. The van der Waals surface area contributed by atoms with Crippen LogP contribution in [0.5, 0.6) is 0 Å². The SMILES string of the molecule is CC[C@@](C)(NC(=O)Cn1cccc(C(F)(F)F)c1=O)C(=O)OC. The molecule has 0 bridgehead atoms. The molecule has 1 heterocycles. The number of halogens is 3. The molecule has 1 aromatic heterocycles. The largest absolute Gasteiger partial charge is 0.467 e. The van der Waals surface area contributed by atoms with Crippen molar-refractivity contribution < 1.29 is 27.5 Å². The monoisotopic (exact) mass is 334 g/mol. The maximum Gasteiger partial charge on any atom is 0.421 e. The molecule has 0 unspecified atom stereocenters. The van der Waals surface area contributed by atoms with E-state index in [9.17, 15) is 27.6 Å². The summed E-state index contributed by atoms with van der Waals surface area (Å²) in [4.78, 5) is 35.4. The van der Waals surface area contributed by atoms with Crippen molar-refractivity contribution in [2.45, 2.75) is 38.5 Å². The topological polar surface area (TPSA) is 77.4 Å². The molecule has 0 aliphatic carbocycles. The summed E-state index contributed by atoms with van der Waals surface area (Å²) in [5.74, 6) is -1.47. The third-order valence-corrected chi connectivity index (χ3v) is 3.40. The van der Waals surface area contributed by atoms with Gasteiger partial charge >= 0.3 is 12.1 Å². The lowest BCUT2D eigenvalue weighted by molar-refractivity contribution is -0.150. The van der Waals surface area contributed by atoms with Crippen LogP contribution < -0.4 is 10.9 Å². The van der Waals surface area contributed by atoms with Gasteiger partial charge in [0.2, 0.25) is 5.91 Å². The van der Waals surface area contributed by atoms with Gasteiger partial charge in [0, 0.05) is 6.20 Å². The number of pyridine rings is 1. The fourth-order valence-electron chi connectivity index (χ4n) is 1.89. The lowest BCUT2D eigenvalue weighted by Gasteiger charge is -2.26. The highest BCUT2D eigenvalue weighted by molar-refractivity contribution is 5.87. The molecule has 0 spiro atoms. The second kappa shape index (κ2) is 6.84. The third-order valence-electron chi connectivity index (χ3n) is 3.40. The predicted molar refractivity (Wildman–Crippen MR) is 74.6 cm³/mol. The minimum Gasteiger partial charge on any atom is -0.467 e. The first kappa shape index (κ1) is 18.7. The first-order valence-electron chi connectivity index (χ1n) is 6.71. The molecular weight excluding hydrogens is 317 g/mol. The summed E-state index contributed by atoms with van der Waals surface area (Å²) in [6, 6.07) is 1.66. The van der Waals surface area contributed by atoms with Crippen LogP contribution in [0.15, 0.2) is 23.1 Å². The highest BCUT2D eigenvalue weighted by Gasteiger charge is 2.36. The van der Waals surface area contributed by atoms with Crippen LogP contribution in [0.1, 0.15) is 25.8 Å². The number of alkyl halides is 3. The Morgan fingerprint density at radius 3 is 2.43 bits per heavy atom.